The van der Waals surface area contributed by atoms with E-state index < -0.39 is 18.5 Å². The summed E-state index contributed by atoms with van der Waals surface area (Å²) in [6.45, 7) is 3.29. The average Bonchev–Trinajstić information content (AvgIpc) is 1.87. The summed E-state index contributed by atoms with van der Waals surface area (Å²) in [5, 5.41) is 8.73. The van der Waals surface area contributed by atoms with Crippen LogP contribution in [0.25, 0.3) is 0 Å². The molecule has 0 aromatic rings. The van der Waals surface area contributed by atoms with E-state index in [0.29, 0.717) is 0 Å². The van der Waals surface area contributed by atoms with Crippen LogP contribution in [0, 0.1) is 0 Å². The second kappa shape index (κ2) is 4.32. The molecule has 0 spiro atoms. The van der Waals surface area contributed by atoms with Crippen molar-refractivity contribution < 1.29 is 16.0 Å². The van der Waals surface area contributed by atoms with Crippen molar-refractivity contribution in [1.82, 2.24) is 0 Å². The van der Waals surface area contributed by atoms with Crippen molar-refractivity contribution in [2.24, 2.45) is 0 Å². The quantitative estimate of drug-likeness (QED) is 0.564. The van der Waals surface area contributed by atoms with Gasteiger partial charge in [0.1, 0.15) is 0 Å². The monoisotopic (exact) mass is 133 g/mol. The summed E-state index contributed by atoms with van der Waals surface area (Å²) in [7, 11) is 0. The molecule has 0 saturated heterocycles. The summed E-state index contributed by atoms with van der Waals surface area (Å²) in [5.41, 5.74) is 0. The van der Waals surface area contributed by atoms with Gasteiger partial charge in [0.15, 0.2) is 0 Å². The molecule has 3 heteroatoms. The molecule has 0 amide bonds. The number of carbonyl (C=O) groups is 1. The number of carbonyl (C=O) groups excluding carboxylic acids is 1. The summed E-state index contributed by atoms with van der Waals surface area (Å²) in [5.74, 6) is -0.669. The highest BCUT2D eigenvalue weighted by molar-refractivity contribution is 5.69. The van der Waals surface area contributed by atoms with E-state index in [2.05, 4.69) is 4.74 Å². The maximum Gasteiger partial charge on any atom is 0.308 e. The predicted octanol–water partition coefficient (Wildman–Crippen LogP) is 0.320. The second-order valence-corrected chi connectivity index (χ2v) is 1.66. The van der Waals surface area contributed by atoms with E-state index in [1.165, 1.54) is 6.92 Å². The van der Waals surface area contributed by atoms with Gasteiger partial charge in [0.25, 0.3) is 0 Å². The summed E-state index contributed by atoms with van der Waals surface area (Å²) >= 11 is 0. The summed E-state index contributed by atoms with van der Waals surface area (Å²) in [4.78, 5) is 10.6. The van der Waals surface area contributed by atoms with Gasteiger partial charge < -0.3 is 9.84 Å². The number of ether oxygens (including phenoxy) is 1. The number of hydrogen-bond donors (Lipinski definition) is 1. The first-order valence-electron chi connectivity index (χ1n) is 3.44. The fourth-order valence-corrected chi connectivity index (χ4v) is 0.387. The van der Waals surface area contributed by atoms with Crippen molar-refractivity contribution >= 4 is 5.97 Å². The molecular weight excluding hydrogens is 120 g/mol. The van der Waals surface area contributed by atoms with Crippen molar-refractivity contribution in [2.45, 2.75) is 26.3 Å². The minimum absolute atomic E-state index is 0.251. The highest BCUT2D eigenvalue weighted by Gasteiger charge is 2.04. The SMILES string of the molecule is [2H][C@@H](C(=O)OCC)[C@H](C)O. The van der Waals surface area contributed by atoms with Gasteiger partial charge in [-0.1, -0.05) is 0 Å². The van der Waals surface area contributed by atoms with Crippen LogP contribution in [0.2, 0.25) is 0 Å². The van der Waals surface area contributed by atoms with Crippen LogP contribution in [0.5, 0.6) is 0 Å². The van der Waals surface area contributed by atoms with Crippen LogP contribution >= 0.6 is 0 Å². The van der Waals surface area contributed by atoms with Crippen LogP contribution in [-0.4, -0.2) is 23.8 Å². The van der Waals surface area contributed by atoms with Crippen LogP contribution in [-0.2, 0) is 9.53 Å². The minimum atomic E-state index is -1.17. The van der Waals surface area contributed by atoms with Gasteiger partial charge in [0.05, 0.1) is 19.1 Å². The van der Waals surface area contributed by atoms with Crippen LogP contribution in [0.4, 0.5) is 0 Å². The maximum absolute atomic E-state index is 10.6. The lowest BCUT2D eigenvalue weighted by molar-refractivity contribution is -0.145. The third kappa shape index (κ3) is 5.30. The first kappa shape index (κ1) is 6.55. The molecule has 2 atom stereocenters. The molecule has 0 fully saturated rings. The average molecular weight is 133 g/mol. The Morgan fingerprint density at radius 2 is 2.56 bits per heavy atom. The Hall–Kier alpha value is -0.570. The van der Waals surface area contributed by atoms with Crippen LogP contribution < -0.4 is 0 Å². The molecule has 0 radical (unpaired) electrons. The van der Waals surface area contributed by atoms with E-state index >= 15 is 0 Å². The number of esters is 1. The van der Waals surface area contributed by atoms with E-state index in [-0.39, 0.29) is 6.61 Å². The van der Waals surface area contributed by atoms with E-state index in [9.17, 15) is 4.79 Å². The Balaban J connectivity index is 3.71. The van der Waals surface area contributed by atoms with Gasteiger partial charge >= 0.3 is 5.97 Å². The Kier molecular flexibility index (Phi) is 3.15. The molecule has 9 heavy (non-hydrogen) atoms. The molecule has 0 aliphatic carbocycles. The minimum Gasteiger partial charge on any atom is -0.466 e. The van der Waals surface area contributed by atoms with Crippen LogP contribution in [0.15, 0.2) is 0 Å². The highest BCUT2D eigenvalue weighted by Crippen LogP contribution is 1.91. The van der Waals surface area contributed by atoms with E-state index in [0.717, 1.165) is 0 Å². The van der Waals surface area contributed by atoms with Gasteiger partial charge in [-0.15, -0.1) is 0 Å². The molecule has 54 valence electrons. The van der Waals surface area contributed by atoms with Gasteiger partial charge in [0.2, 0.25) is 0 Å². The molecule has 3 nitrogen and oxygen atoms in total. The molecule has 0 bridgehead atoms. The summed E-state index contributed by atoms with van der Waals surface area (Å²) in [6, 6.07) is 0. The third-order valence-corrected chi connectivity index (χ3v) is 0.664. The number of aliphatic hydroxyl groups is 1. The van der Waals surface area contributed by atoms with Gasteiger partial charge in [-0.3, -0.25) is 4.79 Å². The van der Waals surface area contributed by atoms with Crippen LogP contribution in [0.1, 0.15) is 21.6 Å². The van der Waals surface area contributed by atoms with Crippen LogP contribution in [0.3, 0.4) is 0 Å². The molecule has 1 N–H and O–H groups in total. The number of aliphatic hydroxyl groups excluding tert-OH is 1. The van der Waals surface area contributed by atoms with Gasteiger partial charge in [0, 0.05) is 1.37 Å². The van der Waals surface area contributed by atoms with Crippen molar-refractivity contribution in [3.05, 3.63) is 0 Å². The molecule has 0 rings (SSSR count). The molecule has 0 unspecified atom stereocenters. The van der Waals surface area contributed by atoms with Crippen molar-refractivity contribution in [1.29, 1.82) is 0 Å². The van der Waals surface area contributed by atoms with E-state index in [1.54, 1.807) is 6.92 Å². The predicted molar refractivity (Wildman–Crippen MR) is 32.9 cm³/mol. The summed E-state index contributed by atoms with van der Waals surface area (Å²) in [6.07, 6.45) is -2.13. The lowest BCUT2D eigenvalue weighted by Gasteiger charge is -2.01. The molecule has 0 heterocycles. The molecule has 0 aromatic carbocycles. The summed E-state index contributed by atoms with van der Waals surface area (Å²) < 4.78 is 11.5. The largest absolute Gasteiger partial charge is 0.466 e. The first-order valence-corrected chi connectivity index (χ1v) is 2.86. The molecule has 0 aliphatic heterocycles. The Labute approximate surface area is 56.0 Å². The second-order valence-electron chi connectivity index (χ2n) is 1.66. The normalized spacial score (nSPS) is 17.9. The molecular formula is C6H12O3. The van der Waals surface area contributed by atoms with E-state index in [1.807, 2.05) is 0 Å². The molecule has 0 aliphatic rings. The fourth-order valence-electron chi connectivity index (χ4n) is 0.387. The topological polar surface area (TPSA) is 46.5 Å². The van der Waals surface area contributed by atoms with Crippen molar-refractivity contribution in [3.8, 4) is 0 Å². The van der Waals surface area contributed by atoms with Gasteiger partial charge in [-0.05, 0) is 13.8 Å². The Morgan fingerprint density at radius 3 is 2.89 bits per heavy atom. The Morgan fingerprint density at radius 1 is 2.00 bits per heavy atom. The lowest BCUT2D eigenvalue weighted by atomic mass is 10.3. The van der Waals surface area contributed by atoms with Crippen molar-refractivity contribution in [2.75, 3.05) is 6.61 Å². The molecule has 0 saturated carbocycles. The third-order valence-electron chi connectivity index (χ3n) is 0.664. The van der Waals surface area contributed by atoms with Gasteiger partial charge in [-0.2, -0.15) is 0 Å². The standard InChI is InChI=1S/C6H12O3/c1-3-9-6(8)4-5(2)7/h5,7H,3-4H2,1-2H3/t5-/m0/s1/i4D/t4-,5+/m1. The number of rotatable bonds is 3. The number of hydrogen-bond acceptors (Lipinski definition) is 3. The zero-order chi connectivity index (χ0) is 8.15. The first-order chi connectivity index (χ1) is 4.59. The smallest absolute Gasteiger partial charge is 0.308 e. The fraction of sp³-hybridized carbons (Fsp3) is 0.833. The maximum atomic E-state index is 10.6. The lowest BCUT2D eigenvalue weighted by Crippen LogP contribution is -2.11. The molecule has 0 aromatic heterocycles. The zero-order valence-electron chi connectivity index (χ0n) is 6.63. The van der Waals surface area contributed by atoms with E-state index in [4.69, 9.17) is 6.48 Å². The highest BCUT2D eigenvalue weighted by atomic mass is 16.5. The van der Waals surface area contributed by atoms with Crippen molar-refractivity contribution in [3.63, 3.8) is 0 Å². The van der Waals surface area contributed by atoms with Gasteiger partial charge in [-0.25, -0.2) is 0 Å². The Bertz CT molecular complexity index is 114. The zero-order valence-corrected chi connectivity index (χ0v) is 5.63.